The molecule has 4 heterocycles. The summed E-state index contributed by atoms with van der Waals surface area (Å²) in [4.78, 5) is 23.1. The van der Waals surface area contributed by atoms with Crippen LogP contribution in [-0.2, 0) is 16.6 Å². The summed E-state index contributed by atoms with van der Waals surface area (Å²) < 4.78 is 37.4. The molecule has 1 aliphatic rings. The van der Waals surface area contributed by atoms with Gasteiger partial charge in [0.25, 0.3) is 0 Å². The number of ether oxygens (including phenoxy) is 1. The van der Waals surface area contributed by atoms with Crippen molar-refractivity contribution in [2.24, 2.45) is 0 Å². The molecule has 0 radical (unpaired) electrons. The molecule has 5 rings (SSSR count). The van der Waals surface area contributed by atoms with Crippen LogP contribution in [0, 0.1) is 0 Å². The van der Waals surface area contributed by atoms with Crippen LogP contribution in [0.3, 0.4) is 0 Å². The molecule has 0 bridgehead atoms. The van der Waals surface area contributed by atoms with E-state index < -0.39 is 10.0 Å². The molecule has 1 aliphatic heterocycles. The number of benzene rings is 1. The van der Waals surface area contributed by atoms with Gasteiger partial charge in [0.2, 0.25) is 10.0 Å². The molecule has 0 unspecified atom stereocenters. The number of piperazine rings is 1. The summed E-state index contributed by atoms with van der Waals surface area (Å²) >= 11 is 0. The lowest BCUT2D eigenvalue weighted by Gasteiger charge is -2.31. The summed E-state index contributed by atoms with van der Waals surface area (Å²) in [5.74, 6) is 0.910. The summed E-state index contributed by atoms with van der Waals surface area (Å²) in [6.45, 7) is 7.03. The lowest BCUT2D eigenvalue weighted by molar-refractivity contribution is 0.222. The first-order chi connectivity index (χ1) is 17.3. The molecule has 12 nitrogen and oxygen atoms in total. The molecule has 192 valence electrons. The Morgan fingerprint density at radius 1 is 1.11 bits per heavy atom. The molecule has 1 aromatic carbocycles. The van der Waals surface area contributed by atoms with E-state index in [9.17, 15) is 13.2 Å². The lowest BCUT2D eigenvalue weighted by Crippen LogP contribution is -2.47. The van der Waals surface area contributed by atoms with E-state index in [0.29, 0.717) is 73.3 Å². The van der Waals surface area contributed by atoms with E-state index in [-0.39, 0.29) is 10.6 Å². The molecule has 0 aliphatic carbocycles. The van der Waals surface area contributed by atoms with Gasteiger partial charge in [0, 0.05) is 32.7 Å². The number of nitrogens with one attached hydrogen (secondary N) is 1. The van der Waals surface area contributed by atoms with E-state index >= 15 is 0 Å². The molecule has 3 aromatic heterocycles. The molecule has 36 heavy (non-hydrogen) atoms. The molecule has 13 heteroatoms. The minimum absolute atomic E-state index is 0.172. The third-order valence-electron chi connectivity index (χ3n) is 6.53. The fourth-order valence-electron chi connectivity index (χ4n) is 4.38. The maximum absolute atomic E-state index is 13.5. The molecule has 0 saturated carbocycles. The monoisotopic (exact) mass is 514 g/mol. The fraction of sp³-hybridized carbons (Fsp3) is 0.478. The van der Waals surface area contributed by atoms with Crippen molar-refractivity contribution in [3.05, 3.63) is 35.0 Å². The average molecular weight is 515 g/mol. The van der Waals surface area contributed by atoms with Gasteiger partial charge in [-0.15, -0.1) is 10.2 Å². The van der Waals surface area contributed by atoms with Crippen LogP contribution in [0.5, 0.6) is 5.75 Å². The highest BCUT2D eigenvalue weighted by Gasteiger charge is 2.29. The molecule has 0 atom stereocenters. The lowest BCUT2D eigenvalue weighted by atomic mass is 10.2. The summed E-state index contributed by atoms with van der Waals surface area (Å²) in [5, 5.41) is 7.97. The number of hydrogen-bond acceptors (Lipinski definition) is 8. The van der Waals surface area contributed by atoms with Gasteiger partial charge >= 0.3 is 5.69 Å². The van der Waals surface area contributed by atoms with Crippen molar-refractivity contribution in [2.75, 3.05) is 39.8 Å². The summed E-state index contributed by atoms with van der Waals surface area (Å²) in [5.41, 5.74) is 1.52. The predicted molar refractivity (Wildman–Crippen MR) is 135 cm³/mol. The minimum atomic E-state index is -3.71. The van der Waals surface area contributed by atoms with Gasteiger partial charge in [-0.1, -0.05) is 13.3 Å². The number of imidazole rings is 1. The smallest absolute Gasteiger partial charge is 0.336 e. The van der Waals surface area contributed by atoms with Gasteiger partial charge in [-0.25, -0.2) is 22.6 Å². The topological polar surface area (TPSA) is 131 Å². The Balaban J connectivity index is 1.66. The van der Waals surface area contributed by atoms with E-state index in [1.807, 2.05) is 14.0 Å². The van der Waals surface area contributed by atoms with Crippen molar-refractivity contribution in [3.63, 3.8) is 0 Å². The van der Waals surface area contributed by atoms with E-state index in [2.05, 4.69) is 27.0 Å². The van der Waals surface area contributed by atoms with Gasteiger partial charge in [-0.3, -0.25) is 4.57 Å². The molecule has 1 fully saturated rings. The molecule has 4 aromatic rings. The van der Waals surface area contributed by atoms with E-state index in [4.69, 9.17) is 9.72 Å². The van der Waals surface area contributed by atoms with Crippen LogP contribution >= 0.6 is 0 Å². The first kappa shape index (κ1) is 24.4. The number of fused-ring (bicyclic) bond motifs is 3. The Kier molecular flexibility index (Phi) is 6.53. The van der Waals surface area contributed by atoms with Crippen LogP contribution < -0.4 is 10.4 Å². The highest BCUT2D eigenvalue weighted by molar-refractivity contribution is 7.89. The van der Waals surface area contributed by atoms with Gasteiger partial charge in [-0.05, 0) is 38.6 Å². The van der Waals surface area contributed by atoms with E-state index in [0.717, 1.165) is 12.8 Å². The van der Waals surface area contributed by atoms with Crippen LogP contribution in [-0.4, -0.2) is 86.6 Å². The zero-order valence-electron chi connectivity index (χ0n) is 20.6. The van der Waals surface area contributed by atoms with Crippen LogP contribution in [0.2, 0.25) is 0 Å². The van der Waals surface area contributed by atoms with E-state index in [1.165, 1.54) is 19.6 Å². The largest absolute Gasteiger partial charge is 0.493 e. The number of aromatic nitrogens is 6. The number of aryl methyl sites for hydroxylation is 1. The van der Waals surface area contributed by atoms with Crippen molar-refractivity contribution in [1.82, 2.24) is 38.3 Å². The van der Waals surface area contributed by atoms with Gasteiger partial charge in [0.15, 0.2) is 11.3 Å². The maximum Gasteiger partial charge on any atom is 0.336 e. The Morgan fingerprint density at radius 2 is 1.89 bits per heavy atom. The van der Waals surface area contributed by atoms with Crippen molar-refractivity contribution in [1.29, 1.82) is 0 Å². The number of rotatable bonds is 8. The number of aromatic amines is 1. The molecule has 1 N–H and O–H groups in total. The molecular weight excluding hydrogens is 484 g/mol. The molecule has 1 saturated heterocycles. The zero-order valence-corrected chi connectivity index (χ0v) is 21.5. The zero-order chi connectivity index (χ0) is 25.4. The predicted octanol–water partition coefficient (Wildman–Crippen LogP) is 1.57. The molecule has 0 spiro atoms. The quantitative estimate of drug-likeness (QED) is 0.351. The molecular formula is C23H30N8O4S. The third-order valence-corrected chi connectivity index (χ3v) is 8.42. The van der Waals surface area contributed by atoms with Crippen molar-refractivity contribution >= 4 is 26.8 Å². The molecule has 0 amide bonds. The van der Waals surface area contributed by atoms with Crippen molar-refractivity contribution < 1.29 is 13.2 Å². The van der Waals surface area contributed by atoms with Crippen molar-refractivity contribution in [2.45, 2.75) is 38.1 Å². The van der Waals surface area contributed by atoms with Gasteiger partial charge in [0.05, 0.1) is 17.1 Å². The van der Waals surface area contributed by atoms with Crippen molar-refractivity contribution in [3.8, 4) is 17.1 Å². The van der Waals surface area contributed by atoms with Crippen LogP contribution in [0.1, 0.15) is 26.7 Å². The second-order valence-electron chi connectivity index (χ2n) is 8.90. The summed E-state index contributed by atoms with van der Waals surface area (Å²) in [6, 6.07) is 4.86. The first-order valence-corrected chi connectivity index (χ1v) is 13.6. The number of nitrogens with zero attached hydrogens (tertiary/aromatic N) is 7. The fourth-order valence-corrected chi connectivity index (χ4v) is 5.83. The Labute approximate surface area is 208 Å². The third kappa shape index (κ3) is 4.16. The number of sulfonamides is 1. The van der Waals surface area contributed by atoms with Gasteiger partial charge < -0.3 is 14.6 Å². The average Bonchev–Trinajstić information content (AvgIpc) is 3.53. The van der Waals surface area contributed by atoms with Crippen LogP contribution in [0.4, 0.5) is 0 Å². The maximum atomic E-state index is 13.5. The standard InChI is InChI=1S/C23H30N8O4S/c1-4-6-13-35-18-8-7-16(36(33,34)29-11-9-28(3)10-12-29)14-17(18)20-25-19-21(26-20)30(5-2)23(32)31-15-24-27-22(19)31/h7-8,14-15H,4-6,9-13H2,1-3H3,(H,25,26). The SMILES string of the molecule is CCCCOc1ccc(S(=O)(=O)N2CCN(C)CC2)cc1-c1nc2c([nH]1)c1nncn1c(=O)n2CC. The highest BCUT2D eigenvalue weighted by atomic mass is 32.2. The number of unbranched alkanes of at least 4 members (excludes halogenated alkanes) is 1. The minimum Gasteiger partial charge on any atom is -0.493 e. The Bertz CT molecular complexity index is 1560. The summed E-state index contributed by atoms with van der Waals surface area (Å²) in [6.07, 6.45) is 3.19. The second kappa shape index (κ2) is 9.64. The highest BCUT2D eigenvalue weighted by Crippen LogP contribution is 2.33. The van der Waals surface area contributed by atoms with E-state index in [1.54, 1.807) is 18.2 Å². The number of H-pyrrole nitrogens is 1. The normalized spacial score (nSPS) is 15.8. The van der Waals surface area contributed by atoms with Crippen LogP contribution in [0.25, 0.3) is 28.2 Å². The Morgan fingerprint density at radius 3 is 2.61 bits per heavy atom. The number of hydrogen-bond donors (Lipinski definition) is 1. The van der Waals surface area contributed by atoms with Gasteiger partial charge in [0.1, 0.15) is 23.4 Å². The summed E-state index contributed by atoms with van der Waals surface area (Å²) in [7, 11) is -1.72. The second-order valence-corrected chi connectivity index (χ2v) is 10.8. The number of likely N-dealkylation sites (N-methyl/N-ethyl adjacent to an activating group) is 1. The Hall–Kier alpha value is -3.29. The first-order valence-electron chi connectivity index (χ1n) is 12.1. The van der Waals surface area contributed by atoms with Crippen LogP contribution in [0.15, 0.2) is 34.2 Å². The van der Waals surface area contributed by atoms with Gasteiger partial charge in [-0.2, -0.15) is 4.31 Å².